The first-order valence-corrected chi connectivity index (χ1v) is 6.21. The highest BCUT2D eigenvalue weighted by Crippen LogP contribution is 2.22. The van der Waals surface area contributed by atoms with Crippen LogP contribution in [0.2, 0.25) is 0 Å². The molecule has 0 spiro atoms. The third kappa shape index (κ3) is 2.81. The van der Waals surface area contributed by atoms with Crippen LogP contribution in [0.4, 0.5) is 0 Å². The normalized spacial score (nSPS) is 26.1. The second-order valence-corrected chi connectivity index (χ2v) is 4.34. The third-order valence-corrected chi connectivity index (χ3v) is 3.23. The van der Waals surface area contributed by atoms with E-state index in [1.54, 1.807) is 6.92 Å². The number of carbonyl (C=O) groups excluding carboxylic acids is 1. The van der Waals surface area contributed by atoms with Gasteiger partial charge in [-0.2, -0.15) is 0 Å². The van der Waals surface area contributed by atoms with E-state index >= 15 is 0 Å². The van der Waals surface area contributed by atoms with E-state index in [2.05, 4.69) is 0 Å². The van der Waals surface area contributed by atoms with Gasteiger partial charge in [0.15, 0.2) is 0 Å². The molecule has 1 saturated heterocycles. The van der Waals surface area contributed by atoms with E-state index in [4.69, 9.17) is 19.3 Å². The lowest BCUT2D eigenvalue weighted by Gasteiger charge is -2.30. The van der Waals surface area contributed by atoms with E-state index in [9.17, 15) is 9.59 Å². The minimum atomic E-state index is -0.955. The van der Waals surface area contributed by atoms with Gasteiger partial charge in [0.05, 0.1) is 19.3 Å². The summed E-state index contributed by atoms with van der Waals surface area (Å²) < 4.78 is 15.5. The molecule has 0 radical (unpaired) electrons. The summed E-state index contributed by atoms with van der Waals surface area (Å²) in [7, 11) is 0. The average molecular weight is 271 g/mol. The third-order valence-electron chi connectivity index (χ3n) is 3.23. The highest BCUT2D eigenvalue weighted by molar-refractivity contribution is 5.92. The maximum Gasteiger partial charge on any atom is 0.311 e. The standard InChI is InChI=1S/C12H17NO6/c1-2-13(9-6-18-5-8(9)12(15)16)11(14)10-7-17-3-4-19-10/h7-9H,2-6H2,1H3,(H,15,16). The minimum absolute atomic E-state index is 0.115. The smallest absolute Gasteiger partial charge is 0.311 e. The summed E-state index contributed by atoms with van der Waals surface area (Å²) in [5.41, 5.74) is 0. The average Bonchev–Trinajstić information content (AvgIpc) is 2.90. The van der Waals surface area contributed by atoms with E-state index in [0.717, 1.165) is 0 Å². The molecule has 0 bridgehead atoms. The van der Waals surface area contributed by atoms with Crippen LogP contribution in [-0.2, 0) is 23.8 Å². The molecule has 7 nitrogen and oxygen atoms in total. The van der Waals surface area contributed by atoms with Gasteiger partial charge >= 0.3 is 5.97 Å². The second-order valence-electron chi connectivity index (χ2n) is 4.34. The zero-order chi connectivity index (χ0) is 13.8. The molecule has 2 rings (SSSR count). The minimum Gasteiger partial charge on any atom is -0.494 e. The van der Waals surface area contributed by atoms with Crippen LogP contribution in [0.5, 0.6) is 0 Å². The van der Waals surface area contributed by atoms with Gasteiger partial charge in [-0.15, -0.1) is 0 Å². The Kier molecular flexibility index (Phi) is 4.26. The van der Waals surface area contributed by atoms with Gasteiger partial charge in [-0.3, -0.25) is 9.59 Å². The number of hydrogen-bond acceptors (Lipinski definition) is 5. The Morgan fingerprint density at radius 3 is 2.79 bits per heavy atom. The maximum absolute atomic E-state index is 12.3. The van der Waals surface area contributed by atoms with Gasteiger partial charge in [-0.05, 0) is 6.92 Å². The number of rotatable bonds is 4. The molecule has 0 aromatic carbocycles. The molecule has 0 aromatic rings. The molecule has 0 aliphatic carbocycles. The van der Waals surface area contributed by atoms with Gasteiger partial charge in [-0.25, -0.2) is 0 Å². The zero-order valence-electron chi connectivity index (χ0n) is 10.7. The van der Waals surface area contributed by atoms with Crippen LogP contribution in [-0.4, -0.2) is 60.9 Å². The fourth-order valence-electron chi connectivity index (χ4n) is 2.24. The molecule has 2 atom stereocenters. The van der Waals surface area contributed by atoms with Crippen LogP contribution in [0.3, 0.4) is 0 Å². The zero-order valence-corrected chi connectivity index (χ0v) is 10.7. The van der Waals surface area contributed by atoms with Crippen molar-refractivity contribution in [3.63, 3.8) is 0 Å². The largest absolute Gasteiger partial charge is 0.494 e. The number of aliphatic carboxylic acids is 1. The second kappa shape index (κ2) is 5.92. The molecule has 2 aliphatic rings. The van der Waals surface area contributed by atoms with E-state index in [1.807, 2.05) is 0 Å². The van der Waals surface area contributed by atoms with Crippen molar-refractivity contribution < 1.29 is 28.9 Å². The number of hydrogen-bond donors (Lipinski definition) is 1. The summed E-state index contributed by atoms with van der Waals surface area (Å²) in [6, 6.07) is -0.471. The fraction of sp³-hybridized carbons (Fsp3) is 0.667. The summed E-state index contributed by atoms with van der Waals surface area (Å²) in [6.07, 6.45) is 1.28. The highest BCUT2D eigenvalue weighted by Gasteiger charge is 2.40. The van der Waals surface area contributed by atoms with Crippen molar-refractivity contribution in [2.45, 2.75) is 13.0 Å². The summed E-state index contributed by atoms with van der Waals surface area (Å²) in [4.78, 5) is 24.9. The predicted molar refractivity (Wildman–Crippen MR) is 63.1 cm³/mol. The van der Waals surface area contributed by atoms with E-state index in [1.165, 1.54) is 11.2 Å². The van der Waals surface area contributed by atoms with Crippen molar-refractivity contribution in [3.8, 4) is 0 Å². The van der Waals surface area contributed by atoms with Crippen molar-refractivity contribution >= 4 is 11.9 Å². The molecule has 19 heavy (non-hydrogen) atoms. The topological polar surface area (TPSA) is 85.3 Å². The first kappa shape index (κ1) is 13.7. The molecule has 2 unspecified atom stereocenters. The SMILES string of the molecule is CCN(C(=O)C1=COCCO1)C1COCC1C(=O)O. The Morgan fingerprint density at radius 1 is 1.42 bits per heavy atom. The number of carboxylic acid groups (broad SMARTS) is 1. The molecule has 1 N–H and O–H groups in total. The van der Waals surface area contributed by atoms with Crippen LogP contribution in [0.1, 0.15) is 6.92 Å². The van der Waals surface area contributed by atoms with Crippen molar-refractivity contribution in [2.24, 2.45) is 5.92 Å². The quantitative estimate of drug-likeness (QED) is 0.763. The molecule has 2 aliphatic heterocycles. The number of carbonyl (C=O) groups is 2. The van der Waals surface area contributed by atoms with Crippen molar-refractivity contribution in [2.75, 3.05) is 33.0 Å². The molecular formula is C12H17NO6. The lowest BCUT2D eigenvalue weighted by Crippen LogP contribution is -2.47. The Hall–Kier alpha value is -1.76. The van der Waals surface area contributed by atoms with Gasteiger partial charge < -0.3 is 24.2 Å². The van der Waals surface area contributed by atoms with Gasteiger partial charge in [0.2, 0.25) is 5.76 Å². The van der Waals surface area contributed by atoms with Crippen LogP contribution in [0.15, 0.2) is 12.0 Å². The number of carboxylic acids is 1. The number of likely N-dealkylation sites (N-methyl/N-ethyl adjacent to an activating group) is 1. The predicted octanol–water partition coefficient (Wildman–Crippen LogP) is -0.177. The Bertz CT molecular complexity index is 394. The van der Waals surface area contributed by atoms with Crippen molar-refractivity contribution in [1.29, 1.82) is 0 Å². The van der Waals surface area contributed by atoms with Crippen LogP contribution in [0, 0.1) is 5.92 Å². The van der Waals surface area contributed by atoms with Crippen molar-refractivity contribution in [1.82, 2.24) is 4.90 Å². The van der Waals surface area contributed by atoms with Crippen LogP contribution < -0.4 is 0 Å². The molecule has 7 heteroatoms. The van der Waals surface area contributed by atoms with Crippen molar-refractivity contribution in [3.05, 3.63) is 12.0 Å². The first-order chi connectivity index (χ1) is 9.15. The highest BCUT2D eigenvalue weighted by atomic mass is 16.6. The summed E-state index contributed by atoms with van der Waals surface area (Å²) in [5, 5.41) is 9.13. The summed E-state index contributed by atoms with van der Waals surface area (Å²) >= 11 is 0. The lowest BCUT2D eigenvalue weighted by molar-refractivity contribution is -0.145. The monoisotopic (exact) mass is 271 g/mol. The lowest BCUT2D eigenvalue weighted by atomic mass is 10.0. The molecule has 2 heterocycles. The molecule has 106 valence electrons. The fourth-order valence-corrected chi connectivity index (χ4v) is 2.24. The maximum atomic E-state index is 12.3. The Balaban J connectivity index is 2.12. The molecular weight excluding hydrogens is 254 g/mol. The number of nitrogens with zero attached hydrogens (tertiary/aromatic N) is 1. The Morgan fingerprint density at radius 2 is 2.21 bits per heavy atom. The van der Waals surface area contributed by atoms with Crippen LogP contribution in [0.25, 0.3) is 0 Å². The van der Waals surface area contributed by atoms with Gasteiger partial charge in [0, 0.05) is 6.54 Å². The first-order valence-electron chi connectivity index (χ1n) is 6.21. The van der Waals surface area contributed by atoms with E-state index in [-0.39, 0.29) is 24.9 Å². The van der Waals surface area contributed by atoms with E-state index in [0.29, 0.717) is 19.8 Å². The molecule has 0 saturated carbocycles. The van der Waals surface area contributed by atoms with Gasteiger partial charge in [-0.1, -0.05) is 0 Å². The summed E-state index contributed by atoms with van der Waals surface area (Å²) in [6.45, 7) is 3.26. The molecule has 0 aromatic heterocycles. The van der Waals surface area contributed by atoms with Gasteiger partial charge in [0.25, 0.3) is 5.91 Å². The Labute approximate surface area is 110 Å². The summed E-state index contributed by atoms with van der Waals surface area (Å²) in [5.74, 6) is -1.90. The van der Waals surface area contributed by atoms with E-state index < -0.39 is 17.9 Å². The number of ether oxygens (including phenoxy) is 3. The molecule has 1 amide bonds. The van der Waals surface area contributed by atoms with Crippen LogP contribution >= 0.6 is 0 Å². The molecule has 1 fully saturated rings. The van der Waals surface area contributed by atoms with Gasteiger partial charge in [0.1, 0.15) is 25.4 Å². The number of amides is 1.